The average Bonchev–Trinajstić information content (AvgIpc) is 3.27. The maximum atomic E-state index is 12.6. The third-order valence-electron chi connectivity index (χ3n) is 4.37. The topological polar surface area (TPSA) is 81.9 Å². The first-order valence-electron chi connectivity index (χ1n) is 9.61. The standard InChI is InChI=1S/C22H16F3N5O2S/c23-22(24,25)32-17-12-10-16(11-13-17)30-21(27-28-29-30)33-14-20(31)26-19-9-5-4-8-18(19)15-6-2-1-3-7-15/h1-13H,14H2,(H,26,31). The van der Waals surface area contributed by atoms with Crippen molar-refractivity contribution in [3.63, 3.8) is 0 Å². The fraction of sp³-hybridized carbons (Fsp3) is 0.0909. The van der Waals surface area contributed by atoms with Crippen molar-refractivity contribution in [2.75, 3.05) is 11.1 Å². The molecule has 4 aromatic rings. The second-order valence-electron chi connectivity index (χ2n) is 6.66. The number of nitrogens with zero attached hydrogens (tertiary/aromatic N) is 4. The highest BCUT2D eigenvalue weighted by Crippen LogP contribution is 2.28. The minimum Gasteiger partial charge on any atom is -0.406 e. The Bertz CT molecular complexity index is 1230. The number of halogens is 3. The average molecular weight is 471 g/mol. The molecule has 1 N–H and O–H groups in total. The van der Waals surface area contributed by atoms with E-state index in [-0.39, 0.29) is 17.4 Å². The molecule has 0 unspecified atom stereocenters. The van der Waals surface area contributed by atoms with Crippen LogP contribution in [0.2, 0.25) is 0 Å². The molecule has 1 aromatic heterocycles. The number of para-hydroxylation sites is 1. The third kappa shape index (κ3) is 5.89. The molecule has 3 aromatic carbocycles. The van der Waals surface area contributed by atoms with Gasteiger partial charge in [0, 0.05) is 11.3 Å². The first-order valence-corrected chi connectivity index (χ1v) is 10.6. The quantitative estimate of drug-likeness (QED) is 0.384. The summed E-state index contributed by atoms with van der Waals surface area (Å²) in [6.45, 7) is 0. The maximum absolute atomic E-state index is 12.6. The molecule has 7 nitrogen and oxygen atoms in total. The first kappa shape index (κ1) is 22.3. The van der Waals surface area contributed by atoms with Crippen molar-refractivity contribution >= 4 is 23.4 Å². The lowest BCUT2D eigenvalue weighted by Crippen LogP contribution is -2.17. The molecule has 1 heterocycles. The molecule has 168 valence electrons. The van der Waals surface area contributed by atoms with E-state index in [2.05, 4.69) is 25.6 Å². The van der Waals surface area contributed by atoms with Crippen LogP contribution >= 0.6 is 11.8 Å². The third-order valence-corrected chi connectivity index (χ3v) is 5.29. The number of tetrazole rings is 1. The highest BCUT2D eigenvalue weighted by Gasteiger charge is 2.31. The molecule has 0 fully saturated rings. The van der Waals surface area contributed by atoms with Crippen LogP contribution in [0.5, 0.6) is 5.75 Å². The van der Waals surface area contributed by atoms with Crippen molar-refractivity contribution in [3.05, 3.63) is 78.9 Å². The number of carbonyl (C=O) groups is 1. The molecule has 0 atom stereocenters. The van der Waals surface area contributed by atoms with Crippen LogP contribution in [0.4, 0.5) is 18.9 Å². The lowest BCUT2D eigenvalue weighted by molar-refractivity contribution is -0.274. The van der Waals surface area contributed by atoms with Gasteiger partial charge >= 0.3 is 6.36 Å². The monoisotopic (exact) mass is 471 g/mol. The van der Waals surface area contributed by atoms with E-state index in [4.69, 9.17) is 0 Å². The zero-order valence-electron chi connectivity index (χ0n) is 16.9. The van der Waals surface area contributed by atoms with E-state index in [1.165, 1.54) is 16.8 Å². The summed E-state index contributed by atoms with van der Waals surface area (Å²) in [7, 11) is 0. The molecule has 0 saturated heterocycles. The van der Waals surface area contributed by atoms with Gasteiger partial charge in [-0.05, 0) is 46.3 Å². The van der Waals surface area contributed by atoms with E-state index >= 15 is 0 Å². The summed E-state index contributed by atoms with van der Waals surface area (Å²) in [6, 6.07) is 22.2. The molecule has 0 saturated carbocycles. The van der Waals surface area contributed by atoms with Crippen LogP contribution in [0.15, 0.2) is 84.0 Å². The van der Waals surface area contributed by atoms with Crippen LogP contribution < -0.4 is 10.1 Å². The zero-order chi connectivity index (χ0) is 23.3. The molecular weight excluding hydrogens is 455 g/mol. The van der Waals surface area contributed by atoms with Crippen LogP contribution in [0.3, 0.4) is 0 Å². The van der Waals surface area contributed by atoms with E-state index in [0.29, 0.717) is 16.5 Å². The number of thioether (sulfide) groups is 1. The number of anilines is 1. The number of ether oxygens (including phenoxy) is 1. The number of nitrogens with one attached hydrogen (secondary N) is 1. The van der Waals surface area contributed by atoms with Crippen LogP contribution in [-0.4, -0.2) is 38.2 Å². The Morgan fingerprint density at radius 1 is 0.970 bits per heavy atom. The number of benzene rings is 3. The largest absolute Gasteiger partial charge is 0.573 e. The van der Waals surface area contributed by atoms with Crippen LogP contribution in [0.25, 0.3) is 16.8 Å². The van der Waals surface area contributed by atoms with Crippen LogP contribution in [0.1, 0.15) is 0 Å². The van der Waals surface area contributed by atoms with Gasteiger partial charge in [-0.2, -0.15) is 4.68 Å². The number of hydrogen-bond acceptors (Lipinski definition) is 6. The molecule has 0 spiro atoms. The predicted octanol–water partition coefficient (Wildman–Crippen LogP) is 4.96. The Hall–Kier alpha value is -3.86. The fourth-order valence-electron chi connectivity index (χ4n) is 3.00. The lowest BCUT2D eigenvalue weighted by atomic mass is 10.0. The van der Waals surface area contributed by atoms with Gasteiger partial charge in [-0.1, -0.05) is 60.3 Å². The van der Waals surface area contributed by atoms with Crippen molar-refractivity contribution < 1.29 is 22.7 Å². The summed E-state index contributed by atoms with van der Waals surface area (Å²) in [5, 5.41) is 14.5. The lowest BCUT2D eigenvalue weighted by Gasteiger charge is -2.11. The van der Waals surface area contributed by atoms with Crippen LogP contribution in [-0.2, 0) is 4.79 Å². The van der Waals surface area contributed by atoms with Crippen molar-refractivity contribution in [3.8, 4) is 22.6 Å². The smallest absolute Gasteiger partial charge is 0.406 e. The zero-order valence-corrected chi connectivity index (χ0v) is 17.7. The van der Waals surface area contributed by atoms with Gasteiger partial charge in [0.15, 0.2) is 0 Å². The summed E-state index contributed by atoms with van der Waals surface area (Å²) in [5.74, 6) is -0.587. The second-order valence-corrected chi connectivity index (χ2v) is 7.61. The van der Waals surface area contributed by atoms with Crippen molar-refractivity contribution in [1.82, 2.24) is 20.2 Å². The fourth-order valence-corrected chi connectivity index (χ4v) is 3.69. The molecular formula is C22H16F3N5O2S. The molecule has 33 heavy (non-hydrogen) atoms. The number of amides is 1. The Morgan fingerprint density at radius 2 is 1.67 bits per heavy atom. The molecule has 1 amide bonds. The van der Waals surface area contributed by atoms with Crippen LogP contribution in [0, 0.1) is 0 Å². The van der Waals surface area contributed by atoms with E-state index in [9.17, 15) is 18.0 Å². The minimum atomic E-state index is -4.77. The highest BCUT2D eigenvalue weighted by atomic mass is 32.2. The maximum Gasteiger partial charge on any atom is 0.573 e. The summed E-state index contributed by atoms with van der Waals surface area (Å²) in [6.07, 6.45) is -4.77. The van der Waals surface area contributed by atoms with Gasteiger partial charge in [-0.25, -0.2) is 0 Å². The Balaban J connectivity index is 1.42. The molecule has 0 radical (unpaired) electrons. The Morgan fingerprint density at radius 3 is 2.39 bits per heavy atom. The van der Waals surface area contributed by atoms with Gasteiger partial charge in [0.25, 0.3) is 0 Å². The predicted molar refractivity (Wildman–Crippen MR) is 117 cm³/mol. The summed E-state index contributed by atoms with van der Waals surface area (Å²) < 4.78 is 42.2. The number of hydrogen-bond donors (Lipinski definition) is 1. The summed E-state index contributed by atoms with van der Waals surface area (Å²) in [5.41, 5.74) is 2.96. The number of carbonyl (C=O) groups excluding carboxylic acids is 1. The molecule has 0 bridgehead atoms. The van der Waals surface area contributed by atoms with E-state index < -0.39 is 6.36 Å². The number of alkyl halides is 3. The first-order chi connectivity index (χ1) is 15.9. The number of rotatable bonds is 7. The van der Waals surface area contributed by atoms with Gasteiger partial charge in [0.05, 0.1) is 11.4 Å². The Kier molecular flexibility index (Phi) is 6.59. The van der Waals surface area contributed by atoms with Gasteiger partial charge in [0.1, 0.15) is 5.75 Å². The molecule has 0 aliphatic rings. The molecule has 0 aliphatic carbocycles. The van der Waals surface area contributed by atoms with Gasteiger partial charge in [-0.15, -0.1) is 18.3 Å². The normalized spacial score (nSPS) is 11.2. The van der Waals surface area contributed by atoms with Gasteiger partial charge < -0.3 is 10.1 Å². The van der Waals surface area contributed by atoms with E-state index in [1.54, 1.807) is 0 Å². The van der Waals surface area contributed by atoms with Gasteiger partial charge in [-0.3, -0.25) is 4.79 Å². The molecule has 0 aliphatic heterocycles. The SMILES string of the molecule is O=C(CSc1nnnn1-c1ccc(OC(F)(F)F)cc1)Nc1ccccc1-c1ccccc1. The van der Waals surface area contributed by atoms with Gasteiger partial charge in [0.2, 0.25) is 11.1 Å². The van der Waals surface area contributed by atoms with E-state index in [1.807, 2.05) is 54.6 Å². The van der Waals surface area contributed by atoms with Crippen molar-refractivity contribution in [2.45, 2.75) is 11.5 Å². The summed E-state index contributed by atoms with van der Waals surface area (Å²) in [4.78, 5) is 12.6. The van der Waals surface area contributed by atoms with Crippen molar-refractivity contribution in [2.24, 2.45) is 0 Å². The second kappa shape index (κ2) is 9.74. The van der Waals surface area contributed by atoms with Crippen molar-refractivity contribution in [1.29, 1.82) is 0 Å². The summed E-state index contributed by atoms with van der Waals surface area (Å²) >= 11 is 1.10. The van der Waals surface area contributed by atoms with E-state index in [0.717, 1.165) is 35.0 Å². The molecule has 4 rings (SSSR count). The molecule has 11 heteroatoms. The number of aromatic nitrogens is 4. The minimum absolute atomic E-state index is 0.0266. The highest BCUT2D eigenvalue weighted by molar-refractivity contribution is 7.99. The Labute approximate surface area is 190 Å².